The van der Waals surface area contributed by atoms with Crippen molar-refractivity contribution in [3.8, 4) is 6.07 Å². The SMILES string of the molecule is CC[C@@H](C)C(=O)[C@H](C#N)C(=O)Nc1ccc(SC(F)F)cc1. The molecule has 1 aromatic carbocycles. The van der Waals surface area contributed by atoms with E-state index >= 15 is 0 Å². The number of nitrogens with one attached hydrogen (secondary N) is 1. The highest BCUT2D eigenvalue weighted by atomic mass is 32.2. The Kier molecular flexibility index (Phi) is 6.99. The molecule has 1 rings (SSSR count). The molecule has 1 N–H and O–H groups in total. The van der Waals surface area contributed by atoms with Crippen molar-refractivity contribution < 1.29 is 18.4 Å². The molecule has 22 heavy (non-hydrogen) atoms. The highest BCUT2D eigenvalue weighted by molar-refractivity contribution is 7.99. The first kappa shape index (κ1) is 18.1. The Morgan fingerprint density at radius 3 is 2.36 bits per heavy atom. The van der Waals surface area contributed by atoms with Gasteiger partial charge in [0.1, 0.15) is 0 Å². The van der Waals surface area contributed by atoms with Crippen LogP contribution in [0.15, 0.2) is 29.2 Å². The quantitative estimate of drug-likeness (QED) is 0.613. The molecule has 0 spiro atoms. The van der Waals surface area contributed by atoms with Crippen LogP contribution < -0.4 is 5.32 Å². The van der Waals surface area contributed by atoms with E-state index in [9.17, 15) is 18.4 Å². The van der Waals surface area contributed by atoms with Gasteiger partial charge in [-0.3, -0.25) is 9.59 Å². The second-order valence-electron chi connectivity index (χ2n) is 4.67. The lowest BCUT2D eigenvalue weighted by Gasteiger charge is -2.13. The van der Waals surface area contributed by atoms with E-state index in [2.05, 4.69) is 5.32 Å². The predicted octanol–water partition coefficient (Wildman–Crippen LogP) is 3.69. The molecule has 1 aromatic rings. The van der Waals surface area contributed by atoms with Gasteiger partial charge in [-0.25, -0.2) is 0 Å². The molecule has 0 aliphatic heterocycles. The van der Waals surface area contributed by atoms with Crippen molar-refractivity contribution in [2.75, 3.05) is 5.32 Å². The molecule has 0 saturated heterocycles. The molecule has 1 amide bonds. The highest BCUT2D eigenvalue weighted by Crippen LogP contribution is 2.26. The van der Waals surface area contributed by atoms with E-state index < -0.39 is 23.4 Å². The summed E-state index contributed by atoms with van der Waals surface area (Å²) in [5.41, 5.74) is 0.348. The molecule has 0 fully saturated rings. The van der Waals surface area contributed by atoms with E-state index in [0.29, 0.717) is 28.8 Å². The Bertz CT molecular complexity index is 570. The van der Waals surface area contributed by atoms with Crippen molar-refractivity contribution in [1.29, 1.82) is 5.26 Å². The summed E-state index contributed by atoms with van der Waals surface area (Å²) >= 11 is 0.396. The maximum atomic E-state index is 12.2. The van der Waals surface area contributed by atoms with Gasteiger partial charge in [-0.05, 0) is 30.7 Å². The van der Waals surface area contributed by atoms with Crippen molar-refractivity contribution in [3.05, 3.63) is 24.3 Å². The van der Waals surface area contributed by atoms with Crippen LogP contribution in [0.5, 0.6) is 0 Å². The molecule has 0 unspecified atom stereocenters. The molecule has 0 aliphatic rings. The summed E-state index contributed by atoms with van der Waals surface area (Å²) in [4.78, 5) is 24.3. The first-order valence-corrected chi connectivity index (χ1v) is 7.56. The third-order valence-electron chi connectivity index (χ3n) is 3.12. The van der Waals surface area contributed by atoms with Crippen LogP contribution in [0, 0.1) is 23.2 Å². The highest BCUT2D eigenvalue weighted by Gasteiger charge is 2.29. The molecule has 118 valence electrons. The van der Waals surface area contributed by atoms with Crippen LogP contribution >= 0.6 is 11.8 Å². The molecular weight excluding hydrogens is 310 g/mol. The number of ketones is 1. The zero-order valence-corrected chi connectivity index (χ0v) is 13.0. The summed E-state index contributed by atoms with van der Waals surface area (Å²) < 4.78 is 24.4. The topological polar surface area (TPSA) is 70.0 Å². The van der Waals surface area contributed by atoms with Gasteiger partial charge in [0.15, 0.2) is 11.7 Å². The summed E-state index contributed by atoms with van der Waals surface area (Å²) in [5, 5.41) is 11.5. The minimum atomic E-state index is -2.52. The Labute approximate surface area is 131 Å². The Hall–Kier alpha value is -1.94. The lowest BCUT2D eigenvalue weighted by atomic mass is 9.92. The fraction of sp³-hybridized carbons (Fsp3) is 0.400. The van der Waals surface area contributed by atoms with Gasteiger partial charge >= 0.3 is 0 Å². The van der Waals surface area contributed by atoms with Crippen LogP contribution in [0.3, 0.4) is 0 Å². The van der Waals surface area contributed by atoms with E-state index in [1.54, 1.807) is 19.9 Å². The van der Waals surface area contributed by atoms with E-state index in [0.717, 1.165) is 0 Å². The third kappa shape index (κ3) is 5.11. The second kappa shape index (κ2) is 8.49. The number of benzene rings is 1. The second-order valence-corrected chi connectivity index (χ2v) is 5.73. The van der Waals surface area contributed by atoms with Gasteiger partial charge in [-0.2, -0.15) is 14.0 Å². The standard InChI is InChI=1S/C15H16F2N2O2S/c1-3-9(2)13(20)12(8-18)14(21)19-10-4-6-11(7-5-10)22-15(16)17/h4-7,9,12,15H,3H2,1-2H3,(H,19,21)/t9-,12+/m1/s1. The Morgan fingerprint density at radius 2 is 1.91 bits per heavy atom. The lowest BCUT2D eigenvalue weighted by molar-refractivity contribution is -0.131. The number of amides is 1. The maximum absolute atomic E-state index is 12.2. The van der Waals surface area contributed by atoms with Crippen molar-refractivity contribution in [2.24, 2.45) is 11.8 Å². The van der Waals surface area contributed by atoms with Crippen LogP contribution in [0.4, 0.5) is 14.5 Å². The molecular formula is C15H16F2N2O2S. The summed E-state index contributed by atoms with van der Waals surface area (Å²) in [6, 6.07) is 7.48. The van der Waals surface area contributed by atoms with Crippen LogP contribution in [-0.2, 0) is 9.59 Å². The molecule has 0 heterocycles. The molecule has 0 bridgehead atoms. The van der Waals surface area contributed by atoms with Crippen LogP contribution in [0.25, 0.3) is 0 Å². The summed E-state index contributed by atoms with van der Waals surface area (Å²) in [6.07, 6.45) is 0.545. The first-order valence-electron chi connectivity index (χ1n) is 6.68. The number of hydrogen-bond acceptors (Lipinski definition) is 4. The van der Waals surface area contributed by atoms with Gasteiger partial charge in [0.05, 0.1) is 6.07 Å². The number of halogens is 2. The number of anilines is 1. The van der Waals surface area contributed by atoms with Gasteiger partial charge in [-0.1, -0.05) is 25.6 Å². The van der Waals surface area contributed by atoms with E-state index in [4.69, 9.17) is 5.26 Å². The molecule has 0 saturated carbocycles. The minimum Gasteiger partial charge on any atom is -0.325 e. The summed E-state index contributed by atoms with van der Waals surface area (Å²) in [5.74, 6) is -5.39. The molecule has 4 nitrogen and oxygen atoms in total. The number of carbonyl (C=O) groups excluding carboxylic acids is 2. The fourth-order valence-corrected chi connectivity index (χ4v) is 2.17. The average molecular weight is 326 g/mol. The number of hydrogen-bond donors (Lipinski definition) is 1. The molecule has 0 aliphatic carbocycles. The number of nitriles is 1. The normalized spacial score (nSPS) is 13.3. The molecule has 0 radical (unpaired) electrons. The van der Waals surface area contributed by atoms with Crippen LogP contribution in [0.2, 0.25) is 0 Å². The third-order valence-corrected chi connectivity index (χ3v) is 3.84. The van der Waals surface area contributed by atoms with Crippen molar-refractivity contribution >= 4 is 29.1 Å². The van der Waals surface area contributed by atoms with Gasteiger partial charge in [0, 0.05) is 16.5 Å². The zero-order valence-electron chi connectivity index (χ0n) is 12.2. The summed E-state index contributed by atoms with van der Waals surface area (Å²) in [7, 11) is 0. The first-order chi connectivity index (χ1) is 10.4. The van der Waals surface area contributed by atoms with Crippen molar-refractivity contribution in [1.82, 2.24) is 0 Å². The fourth-order valence-electron chi connectivity index (χ4n) is 1.67. The van der Waals surface area contributed by atoms with Gasteiger partial charge < -0.3 is 5.32 Å². The number of nitrogens with zero attached hydrogens (tertiary/aromatic N) is 1. The van der Waals surface area contributed by atoms with Gasteiger partial charge in [-0.15, -0.1) is 0 Å². The smallest absolute Gasteiger partial charge is 0.288 e. The number of Topliss-reactive ketones (excluding diaryl/α,β-unsaturated/α-hetero) is 1. The van der Waals surface area contributed by atoms with E-state index in [1.807, 2.05) is 0 Å². The average Bonchev–Trinajstić information content (AvgIpc) is 2.48. The van der Waals surface area contributed by atoms with Crippen LogP contribution in [0.1, 0.15) is 20.3 Å². The van der Waals surface area contributed by atoms with E-state index in [1.165, 1.54) is 24.3 Å². The van der Waals surface area contributed by atoms with Crippen LogP contribution in [-0.4, -0.2) is 17.4 Å². The summed E-state index contributed by atoms with van der Waals surface area (Å²) in [6.45, 7) is 3.46. The Balaban J connectivity index is 2.74. The van der Waals surface area contributed by atoms with E-state index in [-0.39, 0.29) is 5.92 Å². The lowest BCUT2D eigenvalue weighted by Crippen LogP contribution is -2.31. The van der Waals surface area contributed by atoms with Crippen molar-refractivity contribution in [3.63, 3.8) is 0 Å². The number of thioether (sulfide) groups is 1. The maximum Gasteiger partial charge on any atom is 0.288 e. The predicted molar refractivity (Wildman–Crippen MR) is 80.5 cm³/mol. The number of alkyl halides is 2. The minimum absolute atomic E-state index is 0.348. The largest absolute Gasteiger partial charge is 0.325 e. The number of carbonyl (C=O) groups is 2. The van der Waals surface area contributed by atoms with Crippen molar-refractivity contribution in [2.45, 2.75) is 30.9 Å². The van der Waals surface area contributed by atoms with Gasteiger partial charge in [0.25, 0.3) is 5.76 Å². The molecule has 0 aromatic heterocycles. The zero-order chi connectivity index (χ0) is 16.7. The van der Waals surface area contributed by atoms with Gasteiger partial charge in [0.2, 0.25) is 5.91 Å². The monoisotopic (exact) mass is 326 g/mol. The number of rotatable bonds is 7. The Morgan fingerprint density at radius 1 is 1.32 bits per heavy atom. The molecule has 7 heteroatoms. The molecule has 2 atom stereocenters.